The highest BCUT2D eigenvalue weighted by Gasteiger charge is 2.31. The second kappa shape index (κ2) is 7.44. The second-order valence-electron chi connectivity index (χ2n) is 7.99. The maximum Gasteiger partial charge on any atom is 0.256 e. The summed E-state index contributed by atoms with van der Waals surface area (Å²) in [7, 11) is 0. The number of benzene rings is 2. The minimum atomic E-state index is -0.700. The lowest BCUT2D eigenvalue weighted by Gasteiger charge is -2.25. The van der Waals surface area contributed by atoms with Crippen LogP contribution in [0.15, 0.2) is 36.4 Å². The Bertz CT molecular complexity index is 1300. The van der Waals surface area contributed by atoms with Crippen molar-refractivity contribution in [2.45, 2.75) is 20.3 Å². The highest BCUT2D eigenvalue weighted by atomic mass is 19.1. The van der Waals surface area contributed by atoms with Gasteiger partial charge in [0.25, 0.3) is 11.8 Å². The molecule has 0 bridgehead atoms. The van der Waals surface area contributed by atoms with E-state index in [1.165, 1.54) is 18.2 Å². The zero-order valence-corrected chi connectivity index (χ0v) is 17.7. The fraction of sp³-hybridized carbons (Fsp3) is 0.200. The Labute approximate surface area is 183 Å². The highest BCUT2D eigenvalue weighted by molar-refractivity contribution is 6.36. The highest BCUT2D eigenvalue weighted by Crippen LogP contribution is 2.42. The van der Waals surface area contributed by atoms with Crippen molar-refractivity contribution >= 4 is 29.2 Å². The molecule has 0 spiro atoms. The van der Waals surface area contributed by atoms with Gasteiger partial charge in [-0.05, 0) is 49.2 Å². The number of aromatic amines is 1. The van der Waals surface area contributed by atoms with Crippen molar-refractivity contribution < 1.29 is 18.4 Å². The topological polar surface area (TPSA) is 65.2 Å². The fourth-order valence-electron chi connectivity index (χ4n) is 4.60. The van der Waals surface area contributed by atoms with Gasteiger partial charge in [0, 0.05) is 42.1 Å². The number of H-pyrrole nitrogens is 1. The smallest absolute Gasteiger partial charge is 0.256 e. The van der Waals surface area contributed by atoms with Gasteiger partial charge >= 0.3 is 0 Å². The van der Waals surface area contributed by atoms with E-state index in [-0.39, 0.29) is 17.4 Å². The van der Waals surface area contributed by atoms with Gasteiger partial charge in [-0.1, -0.05) is 18.2 Å². The Morgan fingerprint density at radius 1 is 1.03 bits per heavy atom. The zero-order chi connectivity index (χ0) is 22.6. The van der Waals surface area contributed by atoms with E-state index in [2.05, 4.69) is 10.3 Å². The third kappa shape index (κ3) is 2.96. The Balaban J connectivity index is 1.68. The van der Waals surface area contributed by atoms with Crippen LogP contribution in [0.5, 0.6) is 0 Å². The van der Waals surface area contributed by atoms with Crippen LogP contribution in [0.3, 0.4) is 0 Å². The van der Waals surface area contributed by atoms with Gasteiger partial charge in [0.05, 0.1) is 16.7 Å². The average Bonchev–Trinajstić information content (AvgIpc) is 3.26. The third-order valence-electron chi connectivity index (χ3n) is 6.23. The lowest BCUT2D eigenvalue weighted by molar-refractivity contribution is -0.110. The molecule has 5 rings (SSSR count). The van der Waals surface area contributed by atoms with E-state index >= 15 is 0 Å². The first-order chi connectivity index (χ1) is 15.4. The number of anilines is 1. The van der Waals surface area contributed by atoms with Crippen molar-refractivity contribution in [2.75, 3.05) is 18.4 Å². The molecule has 162 valence electrons. The molecule has 0 radical (unpaired) electrons. The average molecular weight is 433 g/mol. The van der Waals surface area contributed by atoms with Gasteiger partial charge in [-0.2, -0.15) is 0 Å². The van der Waals surface area contributed by atoms with Crippen molar-refractivity contribution in [3.63, 3.8) is 0 Å². The molecule has 5 nitrogen and oxygen atoms in total. The van der Waals surface area contributed by atoms with E-state index in [9.17, 15) is 18.4 Å². The number of carbonyl (C=O) groups excluding carboxylic acids is 2. The van der Waals surface area contributed by atoms with Gasteiger partial charge in [0.1, 0.15) is 11.6 Å². The molecular formula is C25H21F2N3O2. The third-order valence-corrected chi connectivity index (χ3v) is 6.23. The van der Waals surface area contributed by atoms with Crippen molar-refractivity contribution in [1.29, 1.82) is 0 Å². The fourth-order valence-corrected chi connectivity index (χ4v) is 4.60. The van der Waals surface area contributed by atoms with Gasteiger partial charge in [-0.25, -0.2) is 8.78 Å². The molecule has 2 amide bonds. The first-order valence-corrected chi connectivity index (χ1v) is 10.5. The van der Waals surface area contributed by atoms with E-state index in [0.29, 0.717) is 53.2 Å². The quantitative estimate of drug-likeness (QED) is 0.584. The summed E-state index contributed by atoms with van der Waals surface area (Å²) in [4.78, 5) is 30.7. The maximum atomic E-state index is 14.6. The lowest BCUT2D eigenvalue weighted by atomic mass is 9.93. The van der Waals surface area contributed by atoms with E-state index in [1.807, 2.05) is 13.8 Å². The zero-order valence-electron chi connectivity index (χ0n) is 17.7. The number of halogens is 2. The molecular weight excluding hydrogens is 412 g/mol. The second-order valence-corrected chi connectivity index (χ2v) is 7.99. The predicted molar refractivity (Wildman–Crippen MR) is 119 cm³/mol. The number of aromatic nitrogens is 1. The summed E-state index contributed by atoms with van der Waals surface area (Å²) in [6.45, 7) is 5.05. The number of likely N-dealkylation sites (N-methyl/N-ethyl adjacent to an activating group) is 1. The largest absolute Gasteiger partial charge is 0.358 e. The number of hydrogen-bond donors (Lipinski definition) is 2. The van der Waals surface area contributed by atoms with E-state index in [1.54, 1.807) is 29.2 Å². The van der Waals surface area contributed by atoms with Crippen LogP contribution in [0.2, 0.25) is 0 Å². The van der Waals surface area contributed by atoms with Gasteiger partial charge in [0.2, 0.25) is 0 Å². The normalized spacial score (nSPS) is 16.4. The first kappa shape index (κ1) is 20.2. The number of carbonyl (C=O) groups is 2. The molecule has 2 aromatic carbocycles. The van der Waals surface area contributed by atoms with Crippen LogP contribution in [0.4, 0.5) is 14.5 Å². The van der Waals surface area contributed by atoms with E-state index in [0.717, 1.165) is 11.3 Å². The Morgan fingerprint density at radius 3 is 2.47 bits per heavy atom. The Hall–Kier alpha value is -3.74. The first-order valence-electron chi connectivity index (χ1n) is 10.5. The molecule has 32 heavy (non-hydrogen) atoms. The lowest BCUT2D eigenvalue weighted by Crippen LogP contribution is -2.37. The molecule has 0 atom stereocenters. The standard InChI is InChI=1S/C25H21F2N3O2/c1-3-30-11-10-19-21(25(30)32)13(2)20(28-19)12-15-22-14(6-4-9-18(22)29-24(15)31)23-16(26)7-5-8-17(23)27/h4-9,12,28H,3,10-11H2,1-2H3,(H,29,31)/b15-12-. The summed E-state index contributed by atoms with van der Waals surface area (Å²) < 4.78 is 29.1. The summed E-state index contributed by atoms with van der Waals surface area (Å²) in [5.41, 5.74) is 4.22. The summed E-state index contributed by atoms with van der Waals surface area (Å²) in [5.74, 6) is -1.79. The SMILES string of the molecule is CCN1CCc2[nH]c(/C=C3\C(=O)Nc4cccc(-c5c(F)cccc5F)c43)c(C)c2C1=O. The summed E-state index contributed by atoms with van der Waals surface area (Å²) in [6.07, 6.45) is 2.37. The number of rotatable bonds is 3. The number of hydrogen-bond acceptors (Lipinski definition) is 2. The minimum Gasteiger partial charge on any atom is -0.358 e. The summed E-state index contributed by atoms with van der Waals surface area (Å²) in [5, 5.41) is 2.78. The molecule has 0 saturated heterocycles. The number of nitrogens with one attached hydrogen (secondary N) is 2. The van der Waals surface area contributed by atoms with Crippen molar-refractivity contribution in [3.05, 3.63) is 76.1 Å². The van der Waals surface area contributed by atoms with E-state index < -0.39 is 11.6 Å². The van der Waals surface area contributed by atoms with Crippen molar-refractivity contribution in [3.8, 4) is 11.1 Å². The van der Waals surface area contributed by atoms with Gasteiger partial charge in [-0.15, -0.1) is 0 Å². The maximum absolute atomic E-state index is 14.6. The molecule has 1 aromatic heterocycles. The summed E-state index contributed by atoms with van der Waals surface area (Å²) in [6, 6.07) is 8.65. The number of nitrogens with zero attached hydrogens (tertiary/aromatic N) is 1. The van der Waals surface area contributed by atoms with Gasteiger partial charge < -0.3 is 15.2 Å². The van der Waals surface area contributed by atoms with Gasteiger partial charge in [-0.3, -0.25) is 9.59 Å². The molecule has 0 fully saturated rings. The molecule has 0 aliphatic carbocycles. The molecule has 3 aromatic rings. The minimum absolute atomic E-state index is 0.0301. The van der Waals surface area contributed by atoms with E-state index in [4.69, 9.17) is 0 Å². The van der Waals surface area contributed by atoms with Crippen LogP contribution in [-0.4, -0.2) is 34.8 Å². The van der Waals surface area contributed by atoms with Crippen LogP contribution in [0.1, 0.15) is 39.8 Å². The molecule has 2 N–H and O–H groups in total. The van der Waals surface area contributed by atoms with Crippen LogP contribution < -0.4 is 5.32 Å². The molecule has 2 aliphatic heterocycles. The molecule has 2 aliphatic rings. The molecule has 3 heterocycles. The molecule has 0 unspecified atom stereocenters. The monoisotopic (exact) mass is 433 g/mol. The predicted octanol–water partition coefficient (Wildman–Crippen LogP) is 4.78. The molecule has 7 heteroatoms. The van der Waals surface area contributed by atoms with Crippen molar-refractivity contribution in [1.82, 2.24) is 9.88 Å². The Morgan fingerprint density at radius 2 is 1.75 bits per heavy atom. The van der Waals surface area contributed by atoms with Crippen LogP contribution in [0, 0.1) is 18.6 Å². The van der Waals surface area contributed by atoms with Crippen molar-refractivity contribution in [2.24, 2.45) is 0 Å². The number of amides is 2. The molecule has 0 saturated carbocycles. The van der Waals surface area contributed by atoms with Crippen LogP contribution >= 0.6 is 0 Å². The number of fused-ring (bicyclic) bond motifs is 2. The van der Waals surface area contributed by atoms with Crippen LogP contribution in [0.25, 0.3) is 22.8 Å². The van der Waals surface area contributed by atoms with Gasteiger partial charge in [0.15, 0.2) is 0 Å². The summed E-state index contributed by atoms with van der Waals surface area (Å²) >= 11 is 0. The van der Waals surface area contributed by atoms with Crippen LogP contribution in [-0.2, 0) is 11.2 Å². The Kier molecular flexibility index (Phi) is 4.69.